The third kappa shape index (κ3) is 6.33. The Morgan fingerprint density at radius 3 is 2.78 bits per heavy atom. The first-order valence-corrected chi connectivity index (χ1v) is 11.7. The Morgan fingerprint density at radius 1 is 1.28 bits per heavy atom. The zero-order valence-corrected chi connectivity index (χ0v) is 20.2. The van der Waals surface area contributed by atoms with Gasteiger partial charge in [-0.15, -0.1) is 0 Å². The molecule has 0 aliphatic carbocycles. The second kappa shape index (κ2) is 11.6. The van der Waals surface area contributed by atoms with Gasteiger partial charge in [0.15, 0.2) is 0 Å². The largest absolute Gasteiger partial charge is 0.489 e. The standard InChI is InChI=1S/C26H28N6O4/c1-17(33)25(34)32(2)16-21-5-4-20(15-29-21)30-26-28-10-7-23(31-26)18-3-6-24(19(13-18)14-27)36-22-8-11-35-12-9-22/h3-7,10,13,15,17,22,33H,8-9,11-12,16H2,1-2H3,(H,28,30,31)/t17-/m1/s1. The van der Waals surface area contributed by atoms with E-state index < -0.39 is 6.10 Å². The summed E-state index contributed by atoms with van der Waals surface area (Å²) in [6.07, 6.45) is 3.87. The smallest absolute Gasteiger partial charge is 0.251 e. The average molecular weight is 489 g/mol. The lowest BCUT2D eigenvalue weighted by Gasteiger charge is -2.23. The highest BCUT2D eigenvalue weighted by molar-refractivity contribution is 5.79. The maximum Gasteiger partial charge on any atom is 0.251 e. The molecular formula is C26H28N6O4. The number of ether oxygens (including phenoxy) is 2. The van der Waals surface area contributed by atoms with E-state index in [2.05, 4.69) is 26.3 Å². The van der Waals surface area contributed by atoms with Gasteiger partial charge in [-0.1, -0.05) is 0 Å². The minimum atomic E-state index is -1.06. The summed E-state index contributed by atoms with van der Waals surface area (Å²) in [5.41, 5.74) is 3.24. The van der Waals surface area contributed by atoms with Gasteiger partial charge in [0.1, 0.15) is 24.0 Å². The minimum Gasteiger partial charge on any atom is -0.489 e. The summed E-state index contributed by atoms with van der Waals surface area (Å²) >= 11 is 0. The summed E-state index contributed by atoms with van der Waals surface area (Å²) < 4.78 is 11.4. The van der Waals surface area contributed by atoms with Gasteiger partial charge in [-0.25, -0.2) is 9.97 Å². The quantitative estimate of drug-likeness (QED) is 0.491. The Morgan fingerprint density at radius 2 is 2.08 bits per heavy atom. The predicted molar refractivity (Wildman–Crippen MR) is 132 cm³/mol. The number of likely N-dealkylation sites (N-methyl/N-ethyl adjacent to an activating group) is 1. The molecule has 4 rings (SSSR count). The van der Waals surface area contributed by atoms with Crippen LogP contribution in [0, 0.1) is 11.3 Å². The van der Waals surface area contributed by atoms with Crippen LogP contribution in [0.1, 0.15) is 31.0 Å². The SMILES string of the molecule is C[C@@H](O)C(=O)N(C)Cc1ccc(Nc2nccc(-c3ccc(OC4CCOCC4)c(C#N)c3)n2)cn1. The molecule has 1 amide bonds. The number of nitriles is 1. The first kappa shape index (κ1) is 25.0. The number of nitrogens with one attached hydrogen (secondary N) is 1. The van der Waals surface area contributed by atoms with Crippen molar-refractivity contribution in [3.05, 3.63) is 60.0 Å². The van der Waals surface area contributed by atoms with Gasteiger partial charge in [-0.05, 0) is 43.3 Å². The summed E-state index contributed by atoms with van der Waals surface area (Å²) in [5, 5.41) is 22.2. The van der Waals surface area contributed by atoms with E-state index in [0.717, 1.165) is 18.4 Å². The molecule has 1 fully saturated rings. The Balaban J connectivity index is 1.44. The fourth-order valence-corrected chi connectivity index (χ4v) is 3.79. The summed E-state index contributed by atoms with van der Waals surface area (Å²) in [4.78, 5) is 26.5. The van der Waals surface area contributed by atoms with Gasteiger partial charge in [0.05, 0.1) is 48.6 Å². The molecule has 2 N–H and O–H groups in total. The molecular weight excluding hydrogens is 460 g/mol. The molecule has 1 saturated heterocycles. The number of benzene rings is 1. The second-order valence-corrected chi connectivity index (χ2v) is 8.55. The van der Waals surface area contributed by atoms with Gasteiger partial charge in [0.2, 0.25) is 5.95 Å². The number of carbonyl (C=O) groups excluding carboxylic acids is 1. The zero-order valence-electron chi connectivity index (χ0n) is 20.2. The van der Waals surface area contributed by atoms with Crippen molar-refractivity contribution in [1.29, 1.82) is 5.26 Å². The molecule has 10 nitrogen and oxygen atoms in total. The Labute approximate surface area is 209 Å². The van der Waals surface area contributed by atoms with Crippen molar-refractivity contribution >= 4 is 17.5 Å². The van der Waals surface area contributed by atoms with Crippen LogP contribution in [0.4, 0.5) is 11.6 Å². The van der Waals surface area contributed by atoms with Crippen LogP contribution < -0.4 is 10.1 Å². The molecule has 0 unspecified atom stereocenters. The van der Waals surface area contributed by atoms with E-state index in [0.29, 0.717) is 47.6 Å². The van der Waals surface area contributed by atoms with E-state index in [1.165, 1.54) is 11.8 Å². The van der Waals surface area contributed by atoms with Crippen LogP contribution in [0.2, 0.25) is 0 Å². The van der Waals surface area contributed by atoms with Gasteiger partial charge in [0, 0.05) is 31.6 Å². The highest BCUT2D eigenvalue weighted by atomic mass is 16.5. The van der Waals surface area contributed by atoms with Crippen LogP contribution in [0.25, 0.3) is 11.3 Å². The number of nitrogens with zero attached hydrogens (tertiary/aromatic N) is 5. The number of pyridine rings is 1. The van der Waals surface area contributed by atoms with E-state index in [9.17, 15) is 15.2 Å². The Kier molecular flexibility index (Phi) is 8.05. The lowest BCUT2D eigenvalue weighted by molar-refractivity contribution is -0.138. The molecule has 1 aromatic carbocycles. The molecule has 10 heteroatoms. The highest BCUT2D eigenvalue weighted by Gasteiger charge is 2.18. The number of amides is 1. The van der Waals surface area contributed by atoms with Gasteiger partial charge in [-0.2, -0.15) is 5.26 Å². The zero-order chi connectivity index (χ0) is 25.5. The van der Waals surface area contributed by atoms with Crippen LogP contribution in [-0.4, -0.2) is 63.3 Å². The summed E-state index contributed by atoms with van der Waals surface area (Å²) in [6, 6.07) is 13.0. The first-order valence-electron chi connectivity index (χ1n) is 11.7. The molecule has 0 spiro atoms. The number of rotatable bonds is 8. The number of aliphatic hydroxyl groups is 1. The molecule has 1 aliphatic heterocycles. The lowest BCUT2D eigenvalue weighted by atomic mass is 10.1. The number of aromatic nitrogens is 3. The monoisotopic (exact) mass is 488 g/mol. The maximum absolute atomic E-state index is 11.8. The van der Waals surface area contributed by atoms with E-state index >= 15 is 0 Å². The highest BCUT2D eigenvalue weighted by Crippen LogP contribution is 2.28. The topological polar surface area (TPSA) is 133 Å². The fraction of sp³-hybridized carbons (Fsp3) is 0.346. The average Bonchev–Trinajstić information content (AvgIpc) is 2.90. The molecule has 2 aromatic heterocycles. The summed E-state index contributed by atoms with van der Waals surface area (Å²) in [7, 11) is 1.61. The van der Waals surface area contributed by atoms with Crippen LogP contribution in [0.3, 0.4) is 0 Å². The molecule has 36 heavy (non-hydrogen) atoms. The van der Waals surface area contributed by atoms with Crippen molar-refractivity contribution in [2.75, 3.05) is 25.6 Å². The van der Waals surface area contributed by atoms with Gasteiger partial charge >= 0.3 is 0 Å². The molecule has 3 aromatic rings. The minimum absolute atomic E-state index is 0.0469. The van der Waals surface area contributed by atoms with Gasteiger partial charge < -0.3 is 24.8 Å². The summed E-state index contributed by atoms with van der Waals surface area (Å²) in [5.74, 6) is 0.573. The number of carbonyl (C=O) groups is 1. The van der Waals surface area contributed by atoms with Crippen molar-refractivity contribution in [3.63, 3.8) is 0 Å². The normalized spacial score (nSPS) is 14.5. The van der Waals surface area contributed by atoms with Crippen LogP contribution >= 0.6 is 0 Å². The molecule has 186 valence electrons. The molecule has 1 aliphatic rings. The third-order valence-electron chi connectivity index (χ3n) is 5.73. The molecule has 3 heterocycles. The molecule has 1 atom stereocenters. The molecule has 0 saturated carbocycles. The third-order valence-corrected chi connectivity index (χ3v) is 5.73. The maximum atomic E-state index is 11.8. The van der Waals surface area contributed by atoms with Crippen molar-refractivity contribution in [2.24, 2.45) is 0 Å². The molecule has 0 radical (unpaired) electrons. The van der Waals surface area contributed by atoms with Crippen LogP contribution in [-0.2, 0) is 16.1 Å². The number of anilines is 2. The second-order valence-electron chi connectivity index (χ2n) is 8.55. The number of hydrogen-bond donors (Lipinski definition) is 2. The molecule has 0 bridgehead atoms. The van der Waals surface area contributed by atoms with Crippen molar-refractivity contribution < 1.29 is 19.4 Å². The fourth-order valence-electron chi connectivity index (χ4n) is 3.79. The van der Waals surface area contributed by atoms with Crippen molar-refractivity contribution in [1.82, 2.24) is 19.9 Å². The number of aliphatic hydroxyl groups excluding tert-OH is 1. The number of hydrogen-bond acceptors (Lipinski definition) is 9. The van der Waals surface area contributed by atoms with Crippen LogP contribution in [0.5, 0.6) is 5.75 Å². The van der Waals surface area contributed by atoms with Crippen molar-refractivity contribution in [2.45, 2.75) is 38.5 Å². The van der Waals surface area contributed by atoms with E-state index in [1.54, 1.807) is 43.7 Å². The van der Waals surface area contributed by atoms with Crippen molar-refractivity contribution in [3.8, 4) is 23.1 Å². The summed E-state index contributed by atoms with van der Waals surface area (Å²) in [6.45, 7) is 3.05. The van der Waals surface area contributed by atoms with E-state index in [1.807, 2.05) is 12.1 Å². The first-order chi connectivity index (χ1) is 17.4. The Bertz CT molecular complexity index is 1240. The van der Waals surface area contributed by atoms with E-state index in [4.69, 9.17) is 9.47 Å². The Hall–Kier alpha value is -4.07. The lowest BCUT2D eigenvalue weighted by Crippen LogP contribution is -2.34. The van der Waals surface area contributed by atoms with Gasteiger partial charge in [-0.3, -0.25) is 9.78 Å². The predicted octanol–water partition coefficient (Wildman–Crippen LogP) is 3.05. The van der Waals surface area contributed by atoms with Crippen LogP contribution in [0.15, 0.2) is 48.8 Å². The van der Waals surface area contributed by atoms with E-state index in [-0.39, 0.29) is 18.6 Å². The van der Waals surface area contributed by atoms with Gasteiger partial charge in [0.25, 0.3) is 5.91 Å².